The van der Waals surface area contributed by atoms with Crippen molar-refractivity contribution < 1.29 is 14.3 Å². The first-order chi connectivity index (χ1) is 16.5. The quantitative estimate of drug-likeness (QED) is 0.253. The third-order valence-corrected chi connectivity index (χ3v) is 5.71. The van der Waals surface area contributed by atoms with Crippen LogP contribution in [0.25, 0.3) is 0 Å². The lowest BCUT2D eigenvalue weighted by molar-refractivity contribution is -0.115. The van der Waals surface area contributed by atoms with Gasteiger partial charge in [-0.05, 0) is 47.9 Å². The molecule has 1 aromatic heterocycles. The summed E-state index contributed by atoms with van der Waals surface area (Å²) < 4.78 is 13.0. The van der Waals surface area contributed by atoms with Gasteiger partial charge >= 0.3 is 0 Å². The molecule has 0 atom stereocenters. The lowest BCUT2D eigenvalue weighted by Gasteiger charge is -2.25. The molecular weight excluding hydrogens is 492 g/mol. The van der Waals surface area contributed by atoms with Gasteiger partial charge in [0.1, 0.15) is 18.9 Å². The topological polar surface area (TPSA) is 51.7 Å². The number of aryl methyl sites for hydroxylation is 1. The average molecular weight is 517 g/mol. The molecule has 0 aliphatic heterocycles. The summed E-state index contributed by atoms with van der Waals surface area (Å²) in [5, 5.41) is 0. The van der Waals surface area contributed by atoms with Crippen molar-refractivity contribution in [2.24, 2.45) is 0 Å². The molecule has 6 heteroatoms. The van der Waals surface area contributed by atoms with Crippen LogP contribution in [0, 0.1) is 6.92 Å². The Morgan fingerprint density at radius 2 is 1.41 bits per heavy atom. The van der Waals surface area contributed by atoms with Crippen molar-refractivity contribution in [3.8, 4) is 11.8 Å². The van der Waals surface area contributed by atoms with Crippen molar-refractivity contribution in [2.75, 3.05) is 4.90 Å². The maximum atomic E-state index is 12.8. The Labute approximate surface area is 208 Å². The number of carbonyl (C=O) groups excluding carboxylic acids is 1. The molecule has 0 fully saturated rings. The van der Waals surface area contributed by atoms with Gasteiger partial charge in [-0.3, -0.25) is 9.69 Å². The fourth-order valence-electron chi connectivity index (χ4n) is 3.57. The summed E-state index contributed by atoms with van der Waals surface area (Å²) in [6.07, 6.45) is 0. The second kappa shape index (κ2) is 11.0. The Hall–Kier alpha value is -3.64. The second-order valence-electron chi connectivity index (χ2n) is 7.81. The largest absolute Gasteiger partial charge is 0.473 e. The number of halogens is 1. The summed E-state index contributed by atoms with van der Waals surface area (Å²) >= 11 is 3.49. The van der Waals surface area contributed by atoms with E-state index in [4.69, 9.17) is 9.47 Å². The zero-order valence-electron chi connectivity index (χ0n) is 19.1. The smallest absolute Gasteiger partial charge is 0.242 e. The van der Waals surface area contributed by atoms with Crippen molar-refractivity contribution in [1.29, 1.82) is 0 Å². The predicted molar refractivity (Wildman–Crippen MR) is 137 cm³/mol. The highest BCUT2D eigenvalue weighted by molar-refractivity contribution is 9.10. The minimum Gasteiger partial charge on any atom is -0.473 e. The van der Waals surface area contributed by atoms with E-state index in [0.717, 1.165) is 26.9 Å². The molecule has 0 N–H and O–H groups in total. The number of ether oxygens (including phenoxy) is 2. The van der Waals surface area contributed by atoms with Crippen molar-refractivity contribution in [1.82, 2.24) is 4.98 Å². The van der Waals surface area contributed by atoms with Gasteiger partial charge in [0, 0.05) is 17.5 Å². The van der Waals surface area contributed by atoms with Crippen LogP contribution in [0.1, 0.15) is 23.6 Å². The van der Waals surface area contributed by atoms with Crippen LogP contribution in [0.4, 0.5) is 11.4 Å². The summed E-state index contributed by atoms with van der Waals surface area (Å²) in [6.45, 7) is 4.19. The number of aromatic nitrogens is 1. The first-order valence-electron chi connectivity index (χ1n) is 10.9. The van der Waals surface area contributed by atoms with E-state index in [2.05, 4.69) is 20.9 Å². The molecule has 1 heterocycles. The highest BCUT2D eigenvalue weighted by Gasteiger charge is 2.22. The number of amides is 1. The standard InChI is InChI=1S/C28H25BrN2O3/c1-20-17-24(29)13-14-25(20)31(21(2)32)26-15-16-27(33-18-22-9-5-3-6-10-22)30-28(26)34-19-23-11-7-4-8-12-23/h3-17H,18-19H2,1-2H3. The number of pyridine rings is 1. The van der Waals surface area contributed by atoms with E-state index in [1.54, 1.807) is 11.0 Å². The van der Waals surface area contributed by atoms with E-state index in [-0.39, 0.29) is 5.91 Å². The number of rotatable bonds is 8. The Morgan fingerprint density at radius 1 is 0.824 bits per heavy atom. The lowest BCUT2D eigenvalue weighted by atomic mass is 10.1. The van der Waals surface area contributed by atoms with Crippen molar-refractivity contribution in [3.05, 3.63) is 112 Å². The fraction of sp³-hybridized carbons (Fsp3) is 0.143. The molecule has 34 heavy (non-hydrogen) atoms. The van der Waals surface area contributed by atoms with E-state index in [1.165, 1.54) is 6.92 Å². The number of anilines is 2. The lowest BCUT2D eigenvalue weighted by Crippen LogP contribution is -2.24. The van der Waals surface area contributed by atoms with Gasteiger partial charge in [0.2, 0.25) is 17.7 Å². The highest BCUT2D eigenvalue weighted by atomic mass is 79.9. The molecule has 4 aromatic rings. The van der Waals surface area contributed by atoms with Crippen LogP contribution in [-0.2, 0) is 18.0 Å². The van der Waals surface area contributed by atoms with Crippen LogP contribution in [0.15, 0.2) is 95.5 Å². The molecule has 172 valence electrons. The first kappa shape index (κ1) is 23.5. The number of hydrogen-bond donors (Lipinski definition) is 0. The maximum Gasteiger partial charge on any atom is 0.242 e. The van der Waals surface area contributed by atoms with E-state index < -0.39 is 0 Å². The van der Waals surface area contributed by atoms with Crippen LogP contribution >= 0.6 is 15.9 Å². The zero-order valence-corrected chi connectivity index (χ0v) is 20.7. The van der Waals surface area contributed by atoms with E-state index in [1.807, 2.05) is 91.9 Å². The molecule has 0 saturated carbocycles. The molecule has 3 aromatic carbocycles. The van der Waals surface area contributed by atoms with Gasteiger partial charge in [0.25, 0.3) is 0 Å². The monoisotopic (exact) mass is 516 g/mol. The van der Waals surface area contributed by atoms with Crippen molar-refractivity contribution in [3.63, 3.8) is 0 Å². The van der Waals surface area contributed by atoms with Crippen LogP contribution in [-0.4, -0.2) is 10.9 Å². The summed E-state index contributed by atoms with van der Waals surface area (Å²) in [4.78, 5) is 19.1. The average Bonchev–Trinajstić information content (AvgIpc) is 2.85. The predicted octanol–water partition coefficient (Wildman–Crippen LogP) is 7.00. The Morgan fingerprint density at radius 3 is 2.00 bits per heavy atom. The van der Waals surface area contributed by atoms with E-state index in [9.17, 15) is 4.79 Å². The first-order valence-corrected chi connectivity index (χ1v) is 11.7. The molecule has 4 rings (SSSR count). The molecule has 0 spiro atoms. The third-order valence-electron chi connectivity index (χ3n) is 5.22. The second-order valence-corrected chi connectivity index (χ2v) is 8.72. The Balaban J connectivity index is 1.69. The Bertz CT molecular complexity index is 1260. The molecule has 0 radical (unpaired) electrons. The summed E-state index contributed by atoms with van der Waals surface area (Å²) in [7, 11) is 0. The van der Waals surface area contributed by atoms with Crippen LogP contribution in [0.5, 0.6) is 11.8 Å². The van der Waals surface area contributed by atoms with Crippen LogP contribution in [0.3, 0.4) is 0 Å². The minimum atomic E-state index is -0.144. The number of nitrogens with zero attached hydrogens (tertiary/aromatic N) is 2. The van der Waals surface area contributed by atoms with Gasteiger partial charge in [-0.2, -0.15) is 4.98 Å². The van der Waals surface area contributed by atoms with E-state index in [0.29, 0.717) is 30.7 Å². The van der Waals surface area contributed by atoms with Crippen molar-refractivity contribution in [2.45, 2.75) is 27.1 Å². The summed E-state index contributed by atoms with van der Waals surface area (Å²) in [5.74, 6) is 0.605. The summed E-state index contributed by atoms with van der Waals surface area (Å²) in [6, 6.07) is 29.1. The fourth-order valence-corrected chi connectivity index (χ4v) is 4.04. The van der Waals surface area contributed by atoms with Gasteiger partial charge in [-0.1, -0.05) is 76.6 Å². The molecule has 5 nitrogen and oxygen atoms in total. The molecule has 0 bridgehead atoms. The summed E-state index contributed by atoms with van der Waals surface area (Å²) in [5.41, 5.74) is 4.31. The molecule has 1 amide bonds. The van der Waals surface area contributed by atoms with Crippen LogP contribution in [0.2, 0.25) is 0 Å². The molecule has 0 unspecified atom stereocenters. The van der Waals surface area contributed by atoms with E-state index >= 15 is 0 Å². The van der Waals surface area contributed by atoms with Crippen LogP contribution < -0.4 is 14.4 Å². The van der Waals surface area contributed by atoms with Gasteiger partial charge in [-0.25, -0.2) is 0 Å². The van der Waals surface area contributed by atoms with Gasteiger partial charge in [0.05, 0.1) is 5.69 Å². The molecule has 0 aliphatic carbocycles. The molecule has 0 saturated heterocycles. The van der Waals surface area contributed by atoms with Crippen molar-refractivity contribution >= 4 is 33.2 Å². The molecular formula is C28H25BrN2O3. The zero-order chi connectivity index (χ0) is 23.9. The van der Waals surface area contributed by atoms with Gasteiger partial charge in [0.15, 0.2) is 0 Å². The maximum absolute atomic E-state index is 12.8. The Kier molecular flexibility index (Phi) is 7.60. The third kappa shape index (κ3) is 5.83. The number of carbonyl (C=O) groups is 1. The number of benzene rings is 3. The normalized spacial score (nSPS) is 10.6. The highest BCUT2D eigenvalue weighted by Crippen LogP contribution is 2.37. The SMILES string of the molecule is CC(=O)N(c1ccc(Br)cc1C)c1ccc(OCc2ccccc2)nc1OCc1ccccc1. The minimum absolute atomic E-state index is 0.144. The number of hydrogen-bond acceptors (Lipinski definition) is 4. The van der Waals surface area contributed by atoms with Gasteiger partial charge in [-0.15, -0.1) is 0 Å². The molecule has 0 aliphatic rings. The van der Waals surface area contributed by atoms with Gasteiger partial charge < -0.3 is 9.47 Å².